The van der Waals surface area contributed by atoms with E-state index in [4.69, 9.17) is 27.9 Å². The van der Waals surface area contributed by atoms with E-state index in [0.717, 1.165) is 11.1 Å². The van der Waals surface area contributed by atoms with Crippen LogP contribution in [0.5, 0.6) is 0 Å². The monoisotopic (exact) mass is 438 g/mol. The topological polar surface area (TPSA) is 70.6 Å². The zero-order valence-corrected chi connectivity index (χ0v) is 18.4. The van der Waals surface area contributed by atoms with Crippen LogP contribution in [-0.4, -0.2) is 35.5 Å². The van der Waals surface area contributed by atoms with Crippen LogP contribution in [0.1, 0.15) is 31.9 Å². The van der Waals surface area contributed by atoms with Crippen molar-refractivity contribution >= 4 is 29.3 Å². The summed E-state index contributed by atoms with van der Waals surface area (Å²) < 4.78 is 5.35. The second-order valence-electron chi connectivity index (χ2n) is 7.85. The van der Waals surface area contributed by atoms with Gasteiger partial charge in [-0.1, -0.05) is 65.7 Å². The van der Waals surface area contributed by atoms with Crippen LogP contribution in [0.3, 0.4) is 0 Å². The Labute approximate surface area is 182 Å². The first-order valence-corrected chi connectivity index (χ1v) is 10.3. The van der Waals surface area contributed by atoms with Gasteiger partial charge in [-0.15, -0.1) is 0 Å². The van der Waals surface area contributed by atoms with Crippen molar-refractivity contribution < 1.29 is 14.6 Å². The molecule has 0 saturated carbocycles. The highest BCUT2D eigenvalue weighted by Crippen LogP contribution is 2.25. The number of aliphatic hydroxyl groups is 1. The van der Waals surface area contributed by atoms with E-state index >= 15 is 0 Å². The highest BCUT2D eigenvalue weighted by Gasteiger charge is 2.25. The molecule has 0 heterocycles. The lowest BCUT2D eigenvalue weighted by Gasteiger charge is -2.27. The first kappa shape index (κ1) is 23.5. The molecule has 0 bridgehead atoms. The lowest BCUT2D eigenvalue weighted by molar-refractivity contribution is 0.0422. The van der Waals surface area contributed by atoms with Crippen LogP contribution in [0.2, 0.25) is 10.0 Å². The number of hydrogen-bond donors (Lipinski definition) is 3. The molecule has 0 fully saturated rings. The van der Waals surface area contributed by atoms with E-state index in [9.17, 15) is 9.90 Å². The molecular formula is C22H28Cl2N2O3. The summed E-state index contributed by atoms with van der Waals surface area (Å²) in [7, 11) is 0. The number of ether oxygens (including phenoxy) is 1. The lowest BCUT2D eigenvalue weighted by atomic mass is 10.0. The average Bonchev–Trinajstić information content (AvgIpc) is 2.64. The van der Waals surface area contributed by atoms with Crippen LogP contribution in [-0.2, 0) is 17.7 Å². The number of alkyl carbamates (subject to hydrolysis) is 1. The summed E-state index contributed by atoms with van der Waals surface area (Å²) in [4.78, 5) is 12.2. The zero-order valence-electron chi connectivity index (χ0n) is 16.9. The van der Waals surface area contributed by atoms with Gasteiger partial charge in [-0.25, -0.2) is 4.79 Å². The molecule has 2 aromatic rings. The van der Waals surface area contributed by atoms with Gasteiger partial charge in [0.25, 0.3) is 0 Å². The number of rotatable bonds is 8. The summed E-state index contributed by atoms with van der Waals surface area (Å²) >= 11 is 12.2. The summed E-state index contributed by atoms with van der Waals surface area (Å²) in [5, 5.41) is 17.7. The molecule has 2 atom stereocenters. The summed E-state index contributed by atoms with van der Waals surface area (Å²) in [5.41, 5.74) is 1.23. The van der Waals surface area contributed by atoms with Crippen molar-refractivity contribution in [3.05, 3.63) is 69.7 Å². The minimum atomic E-state index is -0.833. The highest BCUT2D eigenvalue weighted by molar-refractivity contribution is 6.42. The first-order valence-electron chi connectivity index (χ1n) is 9.51. The predicted octanol–water partition coefficient (Wildman–Crippen LogP) is 4.58. The molecule has 0 unspecified atom stereocenters. The number of carbonyl (C=O) groups is 1. The Morgan fingerprint density at radius 1 is 1.10 bits per heavy atom. The molecule has 158 valence electrons. The molecule has 29 heavy (non-hydrogen) atoms. The second-order valence-corrected chi connectivity index (χ2v) is 8.64. The molecule has 0 aliphatic heterocycles. The van der Waals surface area contributed by atoms with Gasteiger partial charge in [0.15, 0.2) is 0 Å². The molecule has 7 heteroatoms. The number of halogens is 2. The quantitative estimate of drug-likeness (QED) is 0.563. The number of nitrogens with one attached hydrogen (secondary N) is 2. The number of hydrogen-bond acceptors (Lipinski definition) is 4. The Balaban J connectivity index is 2.00. The Kier molecular flexibility index (Phi) is 8.78. The summed E-state index contributed by atoms with van der Waals surface area (Å²) in [5.74, 6) is 0. The molecule has 0 aromatic heterocycles. The van der Waals surface area contributed by atoms with Crippen molar-refractivity contribution in [2.45, 2.75) is 51.5 Å². The van der Waals surface area contributed by atoms with Crippen LogP contribution in [0.15, 0.2) is 48.5 Å². The van der Waals surface area contributed by atoms with E-state index in [-0.39, 0.29) is 6.54 Å². The maximum atomic E-state index is 12.2. The van der Waals surface area contributed by atoms with Crippen LogP contribution >= 0.6 is 23.2 Å². The Morgan fingerprint density at radius 2 is 1.79 bits per heavy atom. The number of benzene rings is 2. The molecule has 0 spiro atoms. The third kappa shape index (κ3) is 8.23. The first-order chi connectivity index (χ1) is 13.7. The third-order valence-electron chi connectivity index (χ3n) is 4.17. The molecule has 0 saturated heterocycles. The van der Waals surface area contributed by atoms with E-state index in [1.54, 1.807) is 26.8 Å². The third-order valence-corrected chi connectivity index (χ3v) is 5.02. The molecule has 0 radical (unpaired) electrons. The van der Waals surface area contributed by atoms with Gasteiger partial charge in [0.05, 0.1) is 22.2 Å². The summed E-state index contributed by atoms with van der Waals surface area (Å²) in [6.45, 7) is 6.10. The average molecular weight is 439 g/mol. The maximum absolute atomic E-state index is 12.2. The fourth-order valence-corrected chi connectivity index (χ4v) is 3.18. The van der Waals surface area contributed by atoms with E-state index in [2.05, 4.69) is 10.6 Å². The van der Waals surface area contributed by atoms with Gasteiger partial charge >= 0.3 is 6.09 Å². The van der Waals surface area contributed by atoms with Crippen molar-refractivity contribution in [1.29, 1.82) is 0 Å². The fraction of sp³-hybridized carbons (Fsp3) is 0.409. The van der Waals surface area contributed by atoms with Crippen molar-refractivity contribution in [2.24, 2.45) is 0 Å². The van der Waals surface area contributed by atoms with Crippen molar-refractivity contribution in [1.82, 2.24) is 10.6 Å². The van der Waals surface area contributed by atoms with Crippen LogP contribution in [0, 0.1) is 0 Å². The summed E-state index contributed by atoms with van der Waals surface area (Å²) in [6, 6.07) is 14.6. The number of amides is 1. The van der Waals surface area contributed by atoms with Crippen LogP contribution in [0.25, 0.3) is 0 Å². The minimum absolute atomic E-state index is 0.260. The lowest BCUT2D eigenvalue weighted by Crippen LogP contribution is -2.49. The zero-order chi connectivity index (χ0) is 21.4. The van der Waals surface area contributed by atoms with Gasteiger partial charge in [-0.3, -0.25) is 0 Å². The largest absolute Gasteiger partial charge is 0.444 e. The Bertz CT molecular complexity index is 794. The Hall–Kier alpha value is -1.79. The van der Waals surface area contributed by atoms with E-state index in [0.29, 0.717) is 23.0 Å². The van der Waals surface area contributed by atoms with Crippen molar-refractivity contribution in [2.75, 3.05) is 6.54 Å². The molecule has 2 aromatic carbocycles. The molecule has 3 N–H and O–H groups in total. The van der Waals surface area contributed by atoms with Gasteiger partial charge in [0.2, 0.25) is 0 Å². The van der Waals surface area contributed by atoms with Crippen molar-refractivity contribution in [3.8, 4) is 0 Å². The predicted molar refractivity (Wildman–Crippen MR) is 117 cm³/mol. The summed E-state index contributed by atoms with van der Waals surface area (Å²) in [6.07, 6.45) is -0.919. The van der Waals surface area contributed by atoms with Crippen LogP contribution < -0.4 is 10.6 Å². The SMILES string of the molecule is CC(C)(C)OC(=O)N[C@@H](Cc1ccccc1)[C@H](O)CNCc1cccc(Cl)c1Cl. The van der Waals surface area contributed by atoms with Gasteiger partial charge in [0, 0.05) is 13.1 Å². The number of carbonyl (C=O) groups excluding carboxylic acids is 1. The fourth-order valence-electron chi connectivity index (χ4n) is 2.79. The smallest absolute Gasteiger partial charge is 0.407 e. The van der Waals surface area contributed by atoms with Gasteiger partial charge < -0.3 is 20.5 Å². The molecule has 5 nitrogen and oxygen atoms in total. The van der Waals surface area contributed by atoms with E-state index in [1.165, 1.54) is 0 Å². The minimum Gasteiger partial charge on any atom is -0.444 e. The van der Waals surface area contributed by atoms with Gasteiger partial charge in [-0.05, 0) is 44.4 Å². The normalized spacial score (nSPS) is 13.6. The highest BCUT2D eigenvalue weighted by atomic mass is 35.5. The van der Waals surface area contributed by atoms with E-state index in [1.807, 2.05) is 42.5 Å². The molecule has 0 aliphatic carbocycles. The Morgan fingerprint density at radius 3 is 2.45 bits per heavy atom. The molecular weight excluding hydrogens is 411 g/mol. The molecule has 1 amide bonds. The van der Waals surface area contributed by atoms with Crippen molar-refractivity contribution in [3.63, 3.8) is 0 Å². The standard InChI is InChI=1S/C22H28Cl2N2O3/c1-22(2,3)29-21(28)26-18(12-15-8-5-4-6-9-15)19(27)14-25-13-16-10-7-11-17(23)20(16)24/h4-11,18-19,25,27H,12-14H2,1-3H3,(H,26,28)/t18-,19+/m0/s1. The maximum Gasteiger partial charge on any atom is 0.407 e. The molecule has 0 aliphatic rings. The number of aliphatic hydroxyl groups excluding tert-OH is 1. The van der Waals surface area contributed by atoms with E-state index < -0.39 is 23.8 Å². The van der Waals surface area contributed by atoms with Gasteiger partial charge in [0.1, 0.15) is 5.60 Å². The molecule has 2 rings (SSSR count). The second kappa shape index (κ2) is 10.8. The van der Waals surface area contributed by atoms with Crippen LogP contribution in [0.4, 0.5) is 4.79 Å². The van der Waals surface area contributed by atoms with Gasteiger partial charge in [-0.2, -0.15) is 0 Å².